The van der Waals surface area contributed by atoms with Gasteiger partial charge in [-0.3, -0.25) is 0 Å². The van der Waals surface area contributed by atoms with Crippen molar-refractivity contribution < 1.29 is 13.2 Å². The number of aromatic nitrogens is 2. The molecule has 0 fully saturated rings. The van der Waals surface area contributed by atoms with Crippen molar-refractivity contribution in [3.8, 4) is 0 Å². The molecule has 0 radical (unpaired) electrons. The lowest BCUT2D eigenvalue weighted by Crippen LogP contribution is -2.08. The average molecular weight is 296 g/mol. The topological polar surface area (TPSA) is 49.8 Å². The van der Waals surface area contributed by atoms with Crippen molar-refractivity contribution in [2.45, 2.75) is 20.0 Å². The Morgan fingerprint density at radius 3 is 2.38 bits per heavy atom. The van der Waals surface area contributed by atoms with Gasteiger partial charge in [0.05, 0.1) is 5.56 Å². The molecule has 1 aromatic heterocycles. The minimum absolute atomic E-state index is 0.183. The molecule has 0 atom stereocenters. The summed E-state index contributed by atoms with van der Waals surface area (Å²) in [5.74, 6) is 0.837. The summed E-state index contributed by atoms with van der Waals surface area (Å²) >= 11 is 0. The van der Waals surface area contributed by atoms with Gasteiger partial charge in [-0.15, -0.1) is 0 Å². The van der Waals surface area contributed by atoms with Gasteiger partial charge in [0.2, 0.25) is 5.95 Å². The number of hydrogen-bond donors (Lipinski definition) is 2. The Labute approximate surface area is 120 Å². The summed E-state index contributed by atoms with van der Waals surface area (Å²) in [5, 5.41) is 5.66. The molecule has 0 bridgehead atoms. The van der Waals surface area contributed by atoms with Gasteiger partial charge in [-0.25, -0.2) is 4.98 Å². The lowest BCUT2D eigenvalue weighted by molar-refractivity contribution is -0.138. The molecule has 2 aromatic rings. The van der Waals surface area contributed by atoms with E-state index in [-0.39, 0.29) is 5.56 Å². The molecule has 0 aliphatic rings. The van der Waals surface area contributed by atoms with Crippen LogP contribution in [0.4, 0.5) is 30.6 Å². The summed E-state index contributed by atoms with van der Waals surface area (Å²) < 4.78 is 38.7. The van der Waals surface area contributed by atoms with E-state index in [1.54, 1.807) is 26.1 Å². The normalized spacial score (nSPS) is 11.3. The summed E-state index contributed by atoms with van der Waals surface area (Å²) in [6.07, 6.45) is -4.38. The zero-order valence-corrected chi connectivity index (χ0v) is 11.8. The van der Waals surface area contributed by atoms with E-state index in [4.69, 9.17) is 0 Å². The predicted octanol–water partition coefficient (Wildman–Crippen LogP) is 3.90. The Morgan fingerprint density at radius 2 is 1.76 bits per heavy atom. The van der Waals surface area contributed by atoms with E-state index >= 15 is 0 Å². The molecule has 2 rings (SSSR count). The number of anilines is 3. The largest absolute Gasteiger partial charge is 0.416 e. The molecule has 2 N–H and O–H groups in total. The first kappa shape index (κ1) is 15.1. The van der Waals surface area contributed by atoms with Crippen LogP contribution >= 0.6 is 0 Å². The van der Waals surface area contributed by atoms with E-state index in [0.29, 0.717) is 23.1 Å². The minimum atomic E-state index is -4.38. The SMILES string of the molecule is CNc1nc(C)cc(Nc2ccc(C)c(C(F)(F)F)c2)n1. The van der Waals surface area contributed by atoms with Gasteiger partial charge in [0, 0.05) is 24.5 Å². The third-order valence-electron chi connectivity index (χ3n) is 2.89. The highest BCUT2D eigenvalue weighted by atomic mass is 19.4. The van der Waals surface area contributed by atoms with Crippen molar-refractivity contribution >= 4 is 17.5 Å². The molecule has 0 aliphatic carbocycles. The fourth-order valence-electron chi connectivity index (χ4n) is 1.90. The number of aryl methyl sites for hydroxylation is 2. The molecular weight excluding hydrogens is 281 g/mol. The summed E-state index contributed by atoms with van der Waals surface area (Å²) in [6.45, 7) is 3.21. The third-order valence-corrected chi connectivity index (χ3v) is 2.89. The zero-order chi connectivity index (χ0) is 15.6. The highest BCUT2D eigenvalue weighted by Crippen LogP contribution is 2.34. The fraction of sp³-hybridized carbons (Fsp3) is 0.286. The van der Waals surface area contributed by atoms with Crippen LogP contribution in [0.5, 0.6) is 0 Å². The molecule has 0 saturated heterocycles. The number of benzene rings is 1. The number of alkyl halides is 3. The first-order chi connectivity index (χ1) is 9.79. The molecule has 0 spiro atoms. The van der Waals surface area contributed by atoms with Gasteiger partial charge in [-0.05, 0) is 31.5 Å². The van der Waals surface area contributed by atoms with Crippen molar-refractivity contribution in [2.24, 2.45) is 0 Å². The molecule has 21 heavy (non-hydrogen) atoms. The fourth-order valence-corrected chi connectivity index (χ4v) is 1.90. The van der Waals surface area contributed by atoms with Crippen LogP contribution in [0.25, 0.3) is 0 Å². The van der Waals surface area contributed by atoms with Gasteiger partial charge in [0.1, 0.15) is 5.82 Å². The Morgan fingerprint density at radius 1 is 1.05 bits per heavy atom. The van der Waals surface area contributed by atoms with E-state index < -0.39 is 11.7 Å². The summed E-state index contributed by atoms with van der Waals surface area (Å²) in [6, 6.07) is 5.75. The van der Waals surface area contributed by atoms with Crippen molar-refractivity contribution in [3.63, 3.8) is 0 Å². The molecule has 0 aliphatic heterocycles. The first-order valence-electron chi connectivity index (χ1n) is 6.28. The lowest BCUT2D eigenvalue weighted by atomic mass is 10.1. The maximum Gasteiger partial charge on any atom is 0.416 e. The molecular formula is C14H15F3N4. The summed E-state index contributed by atoms with van der Waals surface area (Å²) in [5.41, 5.74) is 0.558. The van der Waals surface area contributed by atoms with Crippen LogP contribution in [0.3, 0.4) is 0 Å². The van der Waals surface area contributed by atoms with Crippen LogP contribution in [-0.4, -0.2) is 17.0 Å². The van der Waals surface area contributed by atoms with E-state index in [2.05, 4.69) is 20.6 Å². The van der Waals surface area contributed by atoms with Crippen LogP contribution < -0.4 is 10.6 Å². The monoisotopic (exact) mass is 296 g/mol. The van der Waals surface area contributed by atoms with Crippen LogP contribution in [0, 0.1) is 13.8 Å². The second-order valence-corrected chi connectivity index (χ2v) is 4.62. The molecule has 112 valence electrons. The van der Waals surface area contributed by atoms with E-state index in [9.17, 15) is 13.2 Å². The maximum absolute atomic E-state index is 12.9. The molecule has 0 amide bonds. The number of nitrogens with zero attached hydrogens (tertiary/aromatic N) is 2. The van der Waals surface area contributed by atoms with Crippen LogP contribution in [0.15, 0.2) is 24.3 Å². The number of rotatable bonds is 3. The molecule has 7 heteroatoms. The van der Waals surface area contributed by atoms with Crippen LogP contribution in [0.2, 0.25) is 0 Å². The average Bonchev–Trinajstić information content (AvgIpc) is 2.39. The van der Waals surface area contributed by atoms with Gasteiger partial charge < -0.3 is 10.6 Å². The number of hydrogen-bond acceptors (Lipinski definition) is 4. The van der Waals surface area contributed by atoms with Gasteiger partial charge in [0.25, 0.3) is 0 Å². The molecule has 0 saturated carbocycles. The second-order valence-electron chi connectivity index (χ2n) is 4.62. The van der Waals surface area contributed by atoms with Gasteiger partial charge in [-0.1, -0.05) is 6.07 Å². The first-order valence-corrected chi connectivity index (χ1v) is 6.28. The van der Waals surface area contributed by atoms with Crippen molar-refractivity contribution in [3.05, 3.63) is 41.1 Å². The van der Waals surface area contributed by atoms with E-state index in [1.165, 1.54) is 13.0 Å². The highest BCUT2D eigenvalue weighted by molar-refractivity contribution is 5.59. The molecule has 1 heterocycles. The molecule has 4 nitrogen and oxygen atoms in total. The molecule has 1 aromatic carbocycles. The van der Waals surface area contributed by atoms with Gasteiger partial charge in [0.15, 0.2) is 0 Å². The van der Waals surface area contributed by atoms with Gasteiger partial charge in [-0.2, -0.15) is 18.2 Å². The standard InChI is InChI=1S/C14H15F3N4/c1-8-4-5-10(7-11(8)14(15,16)17)20-12-6-9(2)19-13(18-3)21-12/h4-7H,1-3H3,(H2,18,19,20,21). The Balaban J connectivity index is 2.34. The predicted molar refractivity (Wildman–Crippen MR) is 75.8 cm³/mol. The van der Waals surface area contributed by atoms with Gasteiger partial charge >= 0.3 is 6.18 Å². The Bertz CT molecular complexity index is 653. The molecule has 0 unspecified atom stereocenters. The van der Waals surface area contributed by atoms with Crippen LogP contribution in [0.1, 0.15) is 16.8 Å². The van der Waals surface area contributed by atoms with Crippen molar-refractivity contribution in [1.82, 2.24) is 9.97 Å². The minimum Gasteiger partial charge on any atom is -0.357 e. The number of halogens is 3. The summed E-state index contributed by atoms with van der Waals surface area (Å²) in [7, 11) is 1.67. The van der Waals surface area contributed by atoms with E-state index in [0.717, 1.165) is 6.07 Å². The second kappa shape index (κ2) is 5.59. The van der Waals surface area contributed by atoms with E-state index in [1.807, 2.05) is 0 Å². The quantitative estimate of drug-likeness (QED) is 0.902. The van der Waals surface area contributed by atoms with Crippen LogP contribution in [-0.2, 0) is 6.18 Å². The van der Waals surface area contributed by atoms with Crippen molar-refractivity contribution in [2.75, 3.05) is 17.7 Å². The lowest BCUT2D eigenvalue weighted by Gasteiger charge is -2.13. The Hall–Kier alpha value is -2.31. The maximum atomic E-state index is 12.9. The zero-order valence-electron chi connectivity index (χ0n) is 11.8. The highest BCUT2D eigenvalue weighted by Gasteiger charge is 2.32. The number of nitrogens with one attached hydrogen (secondary N) is 2. The Kier molecular flexibility index (Phi) is 4.02. The third kappa shape index (κ3) is 3.62. The summed E-state index contributed by atoms with van der Waals surface area (Å²) in [4.78, 5) is 8.27. The van der Waals surface area contributed by atoms with Crippen molar-refractivity contribution in [1.29, 1.82) is 0 Å². The smallest absolute Gasteiger partial charge is 0.357 e.